The zero-order chi connectivity index (χ0) is 27.3. The van der Waals surface area contributed by atoms with Crippen molar-refractivity contribution in [2.24, 2.45) is 5.10 Å². The first-order chi connectivity index (χ1) is 18.1. The van der Waals surface area contributed by atoms with Gasteiger partial charge in [0.2, 0.25) is 0 Å². The van der Waals surface area contributed by atoms with E-state index in [2.05, 4.69) is 30.7 Å². The molecule has 1 heterocycles. The molecule has 196 valence electrons. The summed E-state index contributed by atoms with van der Waals surface area (Å²) in [5, 5.41) is 12.1. The lowest BCUT2D eigenvalue weighted by Gasteiger charge is -2.14. The molecule has 1 aromatic heterocycles. The van der Waals surface area contributed by atoms with Crippen LogP contribution in [0.1, 0.15) is 16.7 Å². The maximum atomic E-state index is 12.3. The third kappa shape index (κ3) is 6.85. The van der Waals surface area contributed by atoms with Gasteiger partial charge in [-0.15, -0.1) is 18.3 Å². The Morgan fingerprint density at radius 1 is 1.00 bits per heavy atom. The number of methoxy groups -OCH3 is 1. The molecule has 0 saturated heterocycles. The van der Waals surface area contributed by atoms with E-state index in [-0.39, 0.29) is 5.75 Å². The molecule has 0 saturated carbocycles. The van der Waals surface area contributed by atoms with Crippen LogP contribution in [-0.4, -0.2) is 39.6 Å². The normalized spacial score (nSPS) is 11.4. The molecule has 0 aliphatic carbocycles. The van der Waals surface area contributed by atoms with Gasteiger partial charge in [0, 0.05) is 11.3 Å². The minimum absolute atomic E-state index is 0.309. The number of nitrogens with one attached hydrogen (secondary N) is 2. The number of nitrogens with zero attached hydrogens (tertiary/aromatic N) is 4. The maximum absolute atomic E-state index is 12.3. The number of aryl methyl sites for hydroxylation is 2. The molecule has 0 radical (unpaired) electrons. The Hall–Kier alpha value is -4.45. The largest absolute Gasteiger partial charge is 0.573 e. The number of benzene rings is 3. The van der Waals surface area contributed by atoms with Crippen molar-refractivity contribution >= 4 is 29.2 Å². The number of hydrazone groups is 1. The lowest BCUT2D eigenvalue weighted by Crippen LogP contribution is -2.24. The Labute approximate surface area is 222 Å². The Morgan fingerprint density at radius 3 is 2.26 bits per heavy atom. The van der Waals surface area contributed by atoms with Crippen LogP contribution in [0.5, 0.6) is 11.5 Å². The number of anilines is 1. The molecule has 0 unspecified atom stereocenters. The highest BCUT2D eigenvalue weighted by Gasteiger charge is 2.31. The monoisotopic (exact) mass is 540 g/mol. The van der Waals surface area contributed by atoms with Gasteiger partial charge in [-0.25, -0.2) is 9.67 Å². The standard InChI is InChI=1S/C26H23F3N6O2S/c1-16-12-22(36-3)13-17(2)23(16)32-25(38)33-31-14-18-4-6-19(7-5-18)24-30-15-35(34-24)20-8-10-21(11-9-20)37-26(27,28)29/h4-15H,1-3H3,(H2,32,33,38)/b31-14+. The molecular weight excluding hydrogens is 517 g/mol. The van der Waals surface area contributed by atoms with Crippen molar-refractivity contribution in [3.05, 3.63) is 83.7 Å². The number of rotatable bonds is 7. The lowest BCUT2D eigenvalue weighted by atomic mass is 10.1. The third-order valence-electron chi connectivity index (χ3n) is 5.36. The highest BCUT2D eigenvalue weighted by atomic mass is 32.1. The van der Waals surface area contributed by atoms with Gasteiger partial charge in [-0.1, -0.05) is 24.3 Å². The van der Waals surface area contributed by atoms with Crippen LogP contribution in [0.15, 0.2) is 72.1 Å². The van der Waals surface area contributed by atoms with Crippen LogP contribution in [-0.2, 0) is 0 Å². The maximum Gasteiger partial charge on any atom is 0.573 e. The van der Waals surface area contributed by atoms with Crippen LogP contribution in [0, 0.1) is 13.8 Å². The summed E-state index contributed by atoms with van der Waals surface area (Å²) < 4.78 is 47.7. The first-order valence-corrected chi connectivity index (χ1v) is 11.7. The first kappa shape index (κ1) is 26.6. The fourth-order valence-electron chi connectivity index (χ4n) is 3.58. The Bertz CT molecular complexity index is 1430. The van der Waals surface area contributed by atoms with Crippen LogP contribution in [0.2, 0.25) is 0 Å². The molecule has 2 N–H and O–H groups in total. The number of hydrogen-bond acceptors (Lipinski definition) is 6. The molecule has 0 aliphatic heterocycles. The van der Waals surface area contributed by atoms with E-state index >= 15 is 0 Å². The first-order valence-electron chi connectivity index (χ1n) is 11.2. The summed E-state index contributed by atoms with van der Waals surface area (Å²) in [4.78, 5) is 4.29. The van der Waals surface area contributed by atoms with E-state index in [9.17, 15) is 13.2 Å². The molecular formula is C26H23F3N6O2S. The smallest absolute Gasteiger partial charge is 0.497 e. The summed E-state index contributed by atoms with van der Waals surface area (Å²) >= 11 is 5.35. The second-order valence-corrected chi connectivity index (χ2v) is 8.55. The molecule has 0 aliphatic rings. The molecule has 4 rings (SSSR count). The molecule has 0 fully saturated rings. The van der Waals surface area contributed by atoms with Gasteiger partial charge < -0.3 is 14.8 Å². The second kappa shape index (κ2) is 11.3. The molecule has 0 bridgehead atoms. The molecule has 4 aromatic rings. The summed E-state index contributed by atoms with van der Waals surface area (Å²) in [6.07, 6.45) is -1.64. The SMILES string of the molecule is COc1cc(C)c(NC(=S)N/N=C/c2ccc(-c3ncn(-c4ccc(OC(F)(F)F)cc4)n3)cc2)c(C)c1. The number of thiocarbonyl (C=S) groups is 1. The molecule has 0 atom stereocenters. The molecule has 0 spiro atoms. The topological polar surface area (TPSA) is 85.6 Å². The molecule has 0 amide bonds. The summed E-state index contributed by atoms with van der Waals surface area (Å²) in [5.74, 6) is 0.926. The molecule has 3 aromatic carbocycles. The third-order valence-corrected chi connectivity index (χ3v) is 5.55. The van der Waals surface area contributed by atoms with Crippen molar-refractivity contribution in [1.29, 1.82) is 0 Å². The van der Waals surface area contributed by atoms with Gasteiger partial charge in [0.25, 0.3) is 0 Å². The number of alkyl halides is 3. The van der Waals surface area contributed by atoms with Crippen LogP contribution in [0.25, 0.3) is 17.1 Å². The van der Waals surface area contributed by atoms with E-state index in [1.165, 1.54) is 35.3 Å². The van der Waals surface area contributed by atoms with E-state index in [1.54, 1.807) is 13.3 Å². The zero-order valence-electron chi connectivity index (χ0n) is 20.6. The van der Waals surface area contributed by atoms with Crippen molar-refractivity contribution in [3.63, 3.8) is 0 Å². The Kier molecular flexibility index (Phi) is 7.91. The van der Waals surface area contributed by atoms with E-state index in [0.29, 0.717) is 16.6 Å². The predicted molar refractivity (Wildman–Crippen MR) is 143 cm³/mol. The number of aromatic nitrogens is 3. The van der Waals surface area contributed by atoms with Crippen molar-refractivity contribution < 1.29 is 22.6 Å². The summed E-state index contributed by atoms with van der Waals surface area (Å²) in [5.41, 5.74) is 7.80. The van der Waals surface area contributed by atoms with Crippen molar-refractivity contribution in [1.82, 2.24) is 20.2 Å². The van der Waals surface area contributed by atoms with Gasteiger partial charge in [0.1, 0.15) is 17.8 Å². The van der Waals surface area contributed by atoms with Crippen LogP contribution in [0.4, 0.5) is 18.9 Å². The average Bonchev–Trinajstić information content (AvgIpc) is 3.36. The highest BCUT2D eigenvalue weighted by Crippen LogP contribution is 2.26. The summed E-state index contributed by atoms with van der Waals surface area (Å²) in [6, 6.07) is 16.6. The van der Waals surface area contributed by atoms with Crippen LogP contribution in [0.3, 0.4) is 0 Å². The Morgan fingerprint density at radius 2 is 1.66 bits per heavy atom. The molecule has 38 heavy (non-hydrogen) atoms. The van der Waals surface area contributed by atoms with E-state index in [4.69, 9.17) is 17.0 Å². The summed E-state index contributed by atoms with van der Waals surface area (Å²) in [7, 11) is 1.63. The number of ether oxygens (including phenoxy) is 2. The number of halogens is 3. The van der Waals surface area contributed by atoms with Crippen molar-refractivity contribution in [3.8, 4) is 28.6 Å². The fraction of sp³-hybridized carbons (Fsp3) is 0.154. The van der Waals surface area contributed by atoms with Gasteiger partial charge in [-0.2, -0.15) is 5.10 Å². The lowest BCUT2D eigenvalue weighted by molar-refractivity contribution is -0.274. The Balaban J connectivity index is 1.35. The van der Waals surface area contributed by atoms with Crippen LogP contribution >= 0.6 is 12.2 Å². The van der Waals surface area contributed by atoms with Gasteiger partial charge >= 0.3 is 6.36 Å². The van der Waals surface area contributed by atoms with Crippen LogP contribution < -0.4 is 20.2 Å². The average molecular weight is 541 g/mol. The van der Waals surface area contributed by atoms with E-state index < -0.39 is 6.36 Å². The van der Waals surface area contributed by atoms with Gasteiger partial charge in [0.15, 0.2) is 10.9 Å². The predicted octanol–water partition coefficient (Wildman–Crippen LogP) is 5.78. The second-order valence-electron chi connectivity index (χ2n) is 8.14. The van der Waals surface area contributed by atoms with Gasteiger partial charge in [-0.05, 0) is 79.2 Å². The minimum Gasteiger partial charge on any atom is -0.497 e. The van der Waals surface area contributed by atoms with E-state index in [0.717, 1.165) is 33.7 Å². The van der Waals surface area contributed by atoms with E-state index in [1.807, 2.05) is 50.2 Å². The minimum atomic E-state index is -4.74. The fourth-order valence-corrected chi connectivity index (χ4v) is 3.74. The summed E-state index contributed by atoms with van der Waals surface area (Å²) in [6.45, 7) is 3.93. The van der Waals surface area contributed by atoms with Crippen molar-refractivity contribution in [2.45, 2.75) is 20.2 Å². The molecule has 12 heteroatoms. The number of hydrogen-bond donors (Lipinski definition) is 2. The van der Waals surface area contributed by atoms with Gasteiger partial charge in [-0.3, -0.25) is 5.43 Å². The van der Waals surface area contributed by atoms with Crippen molar-refractivity contribution in [2.75, 3.05) is 12.4 Å². The quantitative estimate of drug-likeness (QED) is 0.175. The molecule has 8 nitrogen and oxygen atoms in total. The highest BCUT2D eigenvalue weighted by molar-refractivity contribution is 7.80. The zero-order valence-corrected chi connectivity index (χ0v) is 21.4. The van der Waals surface area contributed by atoms with Gasteiger partial charge in [0.05, 0.1) is 19.0 Å².